The Morgan fingerprint density at radius 2 is 1.54 bits per heavy atom. The van der Waals surface area contributed by atoms with Crippen LogP contribution >= 0.6 is 0 Å². The van der Waals surface area contributed by atoms with Crippen LogP contribution in [0.15, 0.2) is 79.4 Å². The third-order valence-corrected chi connectivity index (χ3v) is 3.67. The fraction of sp³-hybridized carbons (Fsp3) is 0.0556. The standard InChI is InChI=1S/C18H16N6/c1-3-7-15(8-4-1)23-12-11-19-17(23)13-20-18-21-14-24(22-18)16-9-5-2-6-10-16/h1-12,14H,13H2,(H,20,22). The van der Waals surface area contributed by atoms with Gasteiger partial charge in [0, 0.05) is 18.1 Å². The fourth-order valence-corrected chi connectivity index (χ4v) is 2.50. The van der Waals surface area contributed by atoms with Crippen molar-refractivity contribution in [2.45, 2.75) is 6.54 Å². The second kappa shape index (κ2) is 6.37. The summed E-state index contributed by atoms with van der Waals surface area (Å²) in [4.78, 5) is 8.71. The van der Waals surface area contributed by atoms with Crippen molar-refractivity contribution < 1.29 is 0 Å². The van der Waals surface area contributed by atoms with Gasteiger partial charge in [0.1, 0.15) is 12.2 Å². The van der Waals surface area contributed by atoms with Crippen molar-refractivity contribution in [1.82, 2.24) is 24.3 Å². The van der Waals surface area contributed by atoms with E-state index >= 15 is 0 Å². The minimum atomic E-state index is 0.542. The average molecular weight is 316 g/mol. The molecule has 4 aromatic rings. The van der Waals surface area contributed by atoms with Crippen LogP contribution in [-0.4, -0.2) is 24.3 Å². The minimum absolute atomic E-state index is 0.542. The zero-order chi connectivity index (χ0) is 16.2. The van der Waals surface area contributed by atoms with E-state index < -0.39 is 0 Å². The van der Waals surface area contributed by atoms with E-state index in [9.17, 15) is 0 Å². The van der Waals surface area contributed by atoms with Gasteiger partial charge in [-0.15, -0.1) is 5.10 Å². The number of nitrogens with one attached hydrogen (secondary N) is 1. The van der Waals surface area contributed by atoms with Crippen LogP contribution in [0.3, 0.4) is 0 Å². The molecule has 118 valence electrons. The molecule has 0 aliphatic rings. The Balaban J connectivity index is 1.49. The molecule has 0 saturated carbocycles. The van der Waals surface area contributed by atoms with Crippen LogP contribution in [0.5, 0.6) is 0 Å². The summed E-state index contributed by atoms with van der Waals surface area (Å²) < 4.78 is 3.78. The zero-order valence-electron chi connectivity index (χ0n) is 12.9. The van der Waals surface area contributed by atoms with Crippen molar-refractivity contribution in [2.24, 2.45) is 0 Å². The maximum absolute atomic E-state index is 4.44. The van der Waals surface area contributed by atoms with Crippen molar-refractivity contribution >= 4 is 5.95 Å². The normalized spacial score (nSPS) is 10.7. The van der Waals surface area contributed by atoms with Gasteiger partial charge in [0.25, 0.3) is 0 Å². The van der Waals surface area contributed by atoms with Gasteiger partial charge in [0.2, 0.25) is 5.95 Å². The van der Waals surface area contributed by atoms with Gasteiger partial charge in [-0.05, 0) is 24.3 Å². The quantitative estimate of drug-likeness (QED) is 0.615. The first-order valence-electron chi connectivity index (χ1n) is 7.69. The molecule has 6 nitrogen and oxygen atoms in total. The third kappa shape index (κ3) is 2.89. The van der Waals surface area contributed by atoms with E-state index in [4.69, 9.17) is 0 Å². The zero-order valence-corrected chi connectivity index (χ0v) is 12.9. The van der Waals surface area contributed by atoms with E-state index in [2.05, 4.69) is 20.4 Å². The first-order chi connectivity index (χ1) is 11.9. The van der Waals surface area contributed by atoms with Gasteiger partial charge >= 0.3 is 0 Å². The average Bonchev–Trinajstić information content (AvgIpc) is 3.31. The molecule has 0 atom stereocenters. The smallest absolute Gasteiger partial charge is 0.242 e. The van der Waals surface area contributed by atoms with Crippen LogP contribution in [0.1, 0.15) is 5.82 Å². The highest BCUT2D eigenvalue weighted by Gasteiger charge is 2.07. The second-order valence-electron chi connectivity index (χ2n) is 5.25. The summed E-state index contributed by atoms with van der Waals surface area (Å²) in [6, 6.07) is 20.0. The summed E-state index contributed by atoms with van der Waals surface area (Å²) in [5, 5.41) is 7.66. The fourth-order valence-electron chi connectivity index (χ4n) is 2.50. The van der Waals surface area contributed by atoms with Crippen molar-refractivity contribution in [2.75, 3.05) is 5.32 Å². The molecule has 0 amide bonds. The van der Waals surface area contributed by atoms with Gasteiger partial charge in [0.15, 0.2) is 0 Å². The second-order valence-corrected chi connectivity index (χ2v) is 5.25. The highest BCUT2D eigenvalue weighted by atomic mass is 15.4. The predicted octanol–water partition coefficient (Wildman–Crippen LogP) is 3.07. The predicted molar refractivity (Wildman–Crippen MR) is 92.2 cm³/mol. The van der Waals surface area contributed by atoms with Crippen molar-refractivity contribution in [3.8, 4) is 11.4 Å². The largest absolute Gasteiger partial charge is 0.346 e. The van der Waals surface area contributed by atoms with Crippen molar-refractivity contribution in [3.63, 3.8) is 0 Å². The summed E-state index contributed by atoms with van der Waals surface area (Å²) in [6.07, 6.45) is 5.43. The molecule has 0 spiro atoms. The lowest BCUT2D eigenvalue weighted by atomic mass is 10.3. The lowest BCUT2D eigenvalue weighted by Crippen LogP contribution is -2.08. The highest BCUT2D eigenvalue weighted by Crippen LogP contribution is 2.12. The highest BCUT2D eigenvalue weighted by molar-refractivity contribution is 5.35. The Kier molecular flexibility index (Phi) is 3.77. The van der Waals surface area contributed by atoms with E-state index in [0.717, 1.165) is 17.2 Å². The maximum atomic E-state index is 4.44. The minimum Gasteiger partial charge on any atom is -0.346 e. The number of benzene rings is 2. The molecule has 2 aromatic heterocycles. The molecule has 1 N–H and O–H groups in total. The number of hydrogen-bond acceptors (Lipinski definition) is 4. The summed E-state index contributed by atoms with van der Waals surface area (Å²) in [7, 11) is 0. The SMILES string of the molecule is c1ccc(-n2cnc(NCc3nccn3-c3ccccc3)n2)cc1. The van der Waals surface area contributed by atoms with E-state index in [0.29, 0.717) is 12.5 Å². The summed E-state index contributed by atoms with van der Waals surface area (Å²) in [6.45, 7) is 0.542. The Morgan fingerprint density at radius 1 is 0.833 bits per heavy atom. The maximum Gasteiger partial charge on any atom is 0.242 e. The Bertz CT molecular complexity index is 911. The molecule has 0 aliphatic heterocycles. The molecule has 0 aliphatic carbocycles. The van der Waals surface area contributed by atoms with E-state index in [1.807, 2.05) is 71.4 Å². The van der Waals surface area contributed by atoms with Crippen molar-refractivity contribution in [1.29, 1.82) is 0 Å². The van der Waals surface area contributed by atoms with Gasteiger partial charge < -0.3 is 9.88 Å². The number of nitrogens with zero attached hydrogens (tertiary/aromatic N) is 5. The first-order valence-corrected chi connectivity index (χ1v) is 7.69. The molecule has 4 rings (SSSR count). The van der Waals surface area contributed by atoms with E-state index in [1.54, 1.807) is 17.2 Å². The van der Waals surface area contributed by atoms with Gasteiger partial charge in [-0.2, -0.15) is 0 Å². The van der Waals surface area contributed by atoms with Crippen LogP contribution < -0.4 is 5.32 Å². The number of hydrogen-bond donors (Lipinski definition) is 1. The van der Waals surface area contributed by atoms with Crippen LogP contribution in [0.25, 0.3) is 11.4 Å². The van der Waals surface area contributed by atoms with Gasteiger partial charge in [-0.25, -0.2) is 14.6 Å². The summed E-state index contributed by atoms with van der Waals surface area (Å²) >= 11 is 0. The van der Waals surface area contributed by atoms with Crippen molar-refractivity contribution in [3.05, 3.63) is 85.2 Å². The van der Waals surface area contributed by atoms with Crippen LogP contribution in [0, 0.1) is 0 Å². The third-order valence-electron chi connectivity index (χ3n) is 3.67. The number of imidazole rings is 1. The number of aromatic nitrogens is 5. The van der Waals surface area contributed by atoms with Gasteiger partial charge in [-0.1, -0.05) is 36.4 Å². The topological polar surface area (TPSA) is 60.6 Å². The molecule has 0 unspecified atom stereocenters. The Morgan fingerprint density at radius 3 is 2.29 bits per heavy atom. The molecular weight excluding hydrogens is 300 g/mol. The molecule has 2 aromatic carbocycles. The van der Waals surface area contributed by atoms with Gasteiger partial charge in [0.05, 0.1) is 12.2 Å². The number of rotatable bonds is 5. The molecule has 0 saturated heterocycles. The Labute approximate surface area is 139 Å². The molecule has 2 heterocycles. The molecule has 24 heavy (non-hydrogen) atoms. The molecule has 6 heteroatoms. The molecule has 0 fully saturated rings. The van der Waals surface area contributed by atoms with E-state index in [1.165, 1.54) is 0 Å². The first kappa shape index (κ1) is 14.2. The lowest BCUT2D eigenvalue weighted by Gasteiger charge is -2.07. The molecular formula is C18H16N6. The summed E-state index contributed by atoms with van der Waals surface area (Å²) in [5.41, 5.74) is 2.05. The Hall–Kier alpha value is -3.41. The van der Waals surface area contributed by atoms with Crippen LogP contribution in [0.2, 0.25) is 0 Å². The molecule has 0 radical (unpaired) electrons. The van der Waals surface area contributed by atoms with E-state index in [-0.39, 0.29) is 0 Å². The number of para-hydroxylation sites is 2. The van der Waals surface area contributed by atoms with Crippen LogP contribution in [0.4, 0.5) is 5.95 Å². The molecule has 0 bridgehead atoms. The summed E-state index contributed by atoms with van der Waals surface area (Å²) in [5.74, 6) is 1.47. The monoisotopic (exact) mass is 316 g/mol. The number of anilines is 1. The lowest BCUT2D eigenvalue weighted by molar-refractivity contribution is 0.859. The van der Waals surface area contributed by atoms with Gasteiger partial charge in [-0.3, -0.25) is 0 Å². The van der Waals surface area contributed by atoms with Crippen LogP contribution in [-0.2, 0) is 6.54 Å².